The summed E-state index contributed by atoms with van der Waals surface area (Å²) in [5.74, 6) is 0.902. The first-order chi connectivity index (χ1) is 14.8. The molecule has 1 fully saturated rings. The lowest BCUT2D eigenvalue weighted by Gasteiger charge is -2.37. The van der Waals surface area contributed by atoms with Crippen LogP contribution in [0.25, 0.3) is 0 Å². The third kappa shape index (κ3) is 4.00. The maximum absolute atomic E-state index is 13.1. The summed E-state index contributed by atoms with van der Waals surface area (Å²) in [4.78, 5) is 32.3. The molecule has 2 aromatic carbocycles. The summed E-state index contributed by atoms with van der Waals surface area (Å²) in [6.45, 7) is 5.08. The van der Waals surface area contributed by atoms with Crippen LogP contribution in [0.3, 0.4) is 0 Å². The van der Waals surface area contributed by atoms with Gasteiger partial charge in [0.05, 0.1) is 14.2 Å². The normalized spacial score (nSPS) is 17.4. The Labute approximate surface area is 182 Å². The van der Waals surface area contributed by atoms with E-state index in [0.717, 1.165) is 11.1 Å². The molecule has 4 rings (SSSR count). The monoisotopic (exact) mass is 421 g/mol. The third-order valence-corrected chi connectivity index (χ3v) is 6.14. The molecular weight excluding hydrogens is 394 g/mol. The Hall–Kier alpha value is -3.35. The molecule has 0 aromatic heterocycles. The van der Waals surface area contributed by atoms with Gasteiger partial charge in [0, 0.05) is 43.1 Å². The van der Waals surface area contributed by atoms with Crippen LogP contribution in [0.2, 0.25) is 0 Å². The molecule has 2 heterocycles. The molecule has 2 amide bonds. The van der Waals surface area contributed by atoms with Crippen molar-refractivity contribution in [3.05, 3.63) is 58.7 Å². The van der Waals surface area contributed by atoms with Crippen LogP contribution in [0.4, 0.5) is 0 Å². The minimum Gasteiger partial charge on any atom is -0.497 e. The fourth-order valence-corrected chi connectivity index (χ4v) is 4.08. The molecule has 2 aliphatic heterocycles. The van der Waals surface area contributed by atoms with Crippen molar-refractivity contribution >= 4 is 17.5 Å². The largest absolute Gasteiger partial charge is 0.497 e. The van der Waals surface area contributed by atoms with Gasteiger partial charge in [-0.05, 0) is 43.2 Å². The van der Waals surface area contributed by atoms with Crippen LogP contribution in [-0.2, 0) is 4.79 Å². The Balaban J connectivity index is 1.50. The minimum absolute atomic E-state index is 0.0882. The van der Waals surface area contributed by atoms with Gasteiger partial charge in [0.15, 0.2) is 0 Å². The summed E-state index contributed by atoms with van der Waals surface area (Å²) in [7, 11) is 3.11. The summed E-state index contributed by atoms with van der Waals surface area (Å²) in [5.41, 5.74) is 3.48. The van der Waals surface area contributed by atoms with E-state index in [2.05, 4.69) is 5.32 Å². The smallest absolute Gasteiger partial charge is 0.272 e. The molecule has 0 radical (unpaired) electrons. The number of likely N-dealkylation sites (tertiary alicyclic amines) is 1. The first-order valence-corrected chi connectivity index (χ1v) is 10.4. The van der Waals surface area contributed by atoms with Crippen molar-refractivity contribution in [2.45, 2.75) is 32.4 Å². The summed E-state index contributed by atoms with van der Waals surface area (Å²) >= 11 is 0. The predicted octanol–water partition coefficient (Wildman–Crippen LogP) is 2.87. The molecule has 162 valence electrons. The van der Waals surface area contributed by atoms with Crippen LogP contribution in [0.5, 0.6) is 11.5 Å². The molecule has 1 saturated heterocycles. The number of amides is 2. The number of hydrogen-bond acceptors (Lipinski definition) is 5. The van der Waals surface area contributed by atoms with E-state index >= 15 is 0 Å². The lowest BCUT2D eigenvalue weighted by atomic mass is 9.97. The van der Waals surface area contributed by atoms with Crippen molar-refractivity contribution in [1.82, 2.24) is 10.2 Å². The fourth-order valence-electron chi connectivity index (χ4n) is 4.08. The van der Waals surface area contributed by atoms with E-state index in [9.17, 15) is 9.59 Å². The molecule has 7 nitrogen and oxygen atoms in total. The Bertz CT molecular complexity index is 1050. The highest BCUT2D eigenvalue weighted by molar-refractivity contribution is 6.46. The van der Waals surface area contributed by atoms with E-state index in [0.29, 0.717) is 48.7 Å². The van der Waals surface area contributed by atoms with Crippen molar-refractivity contribution in [2.24, 2.45) is 4.99 Å². The molecule has 1 spiro atoms. The predicted molar refractivity (Wildman–Crippen MR) is 118 cm³/mol. The highest BCUT2D eigenvalue weighted by atomic mass is 16.5. The van der Waals surface area contributed by atoms with E-state index in [1.165, 1.54) is 5.56 Å². The van der Waals surface area contributed by atoms with E-state index in [4.69, 9.17) is 14.5 Å². The average molecular weight is 421 g/mol. The number of carbonyl (C=O) groups is 2. The molecule has 7 heteroatoms. The van der Waals surface area contributed by atoms with Gasteiger partial charge in [-0.15, -0.1) is 0 Å². The van der Waals surface area contributed by atoms with Gasteiger partial charge in [-0.1, -0.05) is 12.1 Å². The molecule has 0 unspecified atom stereocenters. The average Bonchev–Trinajstić information content (AvgIpc) is 3.10. The summed E-state index contributed by atoms with van der Waals surface area (Å²) in [6, 6.07) is 11.1. The summed E-state index contributed by atoms with van der Waals surface area (Å²) in [6.07, 6.45) is 1.14. The highest BCUT2D eigenvalue weighted by Crippen LogP contribution is 2.31. The topological polar surface area (TPSA) is 80.2 Å². The second kappa shape index (κ2) is 8.06. The Morgan fingerprint density at radius 3 is 2.23 bits per heavy atom. The second-order valence-corrected chi connectivity index (χ2v) is 8.14. The minimum atomic E-state index is -0.645. The quantitative estimate of drug-likeness (QED) is 0.823. The number of piperidine rings is 1. The van der Waals surface area contributed by atoms with E-state index in [-0.39, 0.29) is 11.8 Å². The summed E-state index contributed by atoms with van der Waals surface area (Å²) < 4.78 is 10.6. The maximum atomic E-state index is 13.1. The number of methoxy groups -OCH3 is 2. The number of carbonyl (C=O) groups excluding carboxylic acids is 2. The molecule has 0 atom stereocenters. The number of hydrogen-bond donors (Lipinski definition) is 1. The number of benzene rings is 2. The van der Waals surface area contributed by atoms with E-state index in [1.54, 1.807) is 37.3 Å². The number of rotatable bonds is 4. The van der Waals surface area contributed by atoms with Crippen LogP contribution in [0.1, 0.15) is 39.9 Å². The highest BCUT2D eigenvalue weighted by Gasteiger charge is 2.43. The van der Waals surface area contributed by atoms with Gasteiger partial charge in [0.2, 0.25) is 0 Å². The fraction of sp³-hybridized carbons (Fsp3) is 0.375. The van der Waals surface area contributed by atoms with Crippen LogP contribution < -0.4 is 14.8 Å². The molecule has 2 aromatic rings. The molecule has 31 heavy (non-hydrogen) atoms. The molecule has 0 bridgehead atoms. The molecule has 1 N–H and O–H groups in total. The van der Waals surface area contributed by atoms with Crippen LogP contribution in [-0.4, -0.2) is 55.4 Å². The third-order valence-electron chi connectivity index (χ3n) is 6.14. The standard InChI is InChI=1S/C24H27N3O4/c1-15-5-6-17(11-16(15)2)21-22(28)26-24(25-21)7-9-27(10-8-24)23(29)18-12-19(30-3)14-20(13-18)31-4/h5-6,11-14H,7-10H2,1-4H3,(H,26,28). The summed E-state index contributed by atoms with van der Waals surface area (Å²) in [5, 5.41) is 3.07. The van der Waals surface area contributed by atoms with Crippen LogP contribution >= 0.6 is 0 Å². The zero-order valence-electron chi connectivity index (χ0n) is 18.3. The zero-order valence-corrected chi connectivity index (χ0v) is 18.3. The van der Waals surface area contributed by atoms with E-state index in [1.807, 2.05) is 32.0 Å². The van der Waals surface area contributed by atoms with E-state index < -0.39 is 5.66 Å². The molecule has 2 aliphatic rings. The van der Waals surface area contributed by atoms with Gasteiger partial charge in [0.25, 0.3) is 11.8 Å². The Morgan fingerprint density at radius 1 is 1.00 bits per heavy atom. The van der Waals surface area contributed by atoms with Gasteiger partial charge in [-0.25, -0.2) is 0 Å². The Morgan fingerprint density at radius 2 is 1.65 bits per heavy atom. The lowest BCUT2D eigenvalue weighted by Crippen LogP contribution is -2.52. The van der Waals surface area contributed by atoms with Crippen molar-refractivity contribution in [3.8, 4) is 11.5 Å². The number of ether oxygens (including phenoxy) is 2. The van der Waals surface area contributed by atoms with Crippen molar-refractivity contribution < 1.29 is 19.1 Å². The molecular formula is C24H27N3O4. The van der Waals surface area contributed by atoms with Gasteiger partial charge < -0.3 is 19.7 Å². The number of aliphatic imine (C=N–C) groups is 1. The van der Waals surface area contributed by atoms with Crippen LogP contribution in [0.15, 0.2) is 41.4 Å². The van der Waals surface area contributed by atoms with Crippen molar-refractivity contribution in [1.29, 1.82) is 0 Å². The molecule has 0 aliphatic carbocycles. The van der Waals surface area contributed by atoms with Gasteiger partial charge in [-0.3, -0.25) is 14.6 Å². The van der Waals surface area contributed by atoms with Crippen molar-refractivity contribution in [3.63, 3.8) is 0 Å². The maximum Gasteiger partial charge on any atom is 0.272 e. The lowest BCUT2D eigenvalue weighted by molar-refractivity contribution is -0.115. The number of nitrogens with zero attached hydrogens (tertiary/aromatic N) is 2. The molecule has 0 saturated carbocycles. The second-order valence-electron chi connectivity index (χ2n) is 8.14. The first kappa shape index (κ1) is 20.9. The Kier molecular flexibility index (Phi) is 5.43. The van der Waals surface area contributed by atoms with Crippen molar-refractivity contribution in [2.75, 3.05) is 27.3 Å². The zero-order chi connectivity index (χ0) is 22.2. The number of nitrogens with one attached hydrogen (secondary N) is 1. The van der Waals surface area contributed by atoms with Gasteiger partial charge in [0.1, 0.15) is 22.9 Å². The number of aryl methyl sites for hydroxylation is 2. The SMILES string of the molecule is COc1cc(OC)cc(C(=O)N2CCC3(CC2)N=C(c2ccc(C)c(C)c2)C(=O)N3)c1. The van der Waals surface area contributed by atoms with Gasteiger partial charge in [-0.2, -0.15) is 0 Å². The first-order valence-electron chi connectivity index (χ1n) is 10.4. The van der Waals surface area contributed by atoms with Gasteiger partial charge >= 0.3 is 0 Å². The van der Waals surface area contributed by atoms with Crippen LogP contribution in [0, 0.1) is 13.8 Å².